The molecule has 12 heavy (non-hydrogen) atoms. The summed E-state index contributed by atoms with van der Waals surface area (Å²) < 4.78 is 5.31. The van der Waals surface area contributed by atoms with Crippen LogP contribution in [0.5, 0.6) is 0 Å². The molecule has 0 aromatic carbocycles. The van der Waals surface area contributed by atoms with Crippen molar-refractivity contribution in [2.24, 2.45) is 5.92 Å². The fourth-order valence-corrected chi connectivity index (χ4v) is 1.56. The Hall–Kier alpha value is -1.31. The molecule has 1 aliphatic carbocycles. The van der Waals surface area contributed by atoms with Crippen molar-refractivity contribution >= 4 is 5.78 Å². The molecule has 0 aromatic heterocycles. The van der Waals surface area contributed by atoms with E-state index in [1.807, 2.05) is 24.3 Å². The molecule has 0 radical (unpaired) electrons. The molecule has 1 aliphatic heterocycles. The monoisotopic (exact) mass is 162 g/mol. The van der Waals surface area contributed by atoms with Gasteiger partial charge in [0.1, 0.15) is 6.10 Å². The second kappa shape index (κ2) is 2.63. The van der Waals surface area contributed by atoms with Crippen LogP contribution in [0.4, 0.5) is 0 Å². The maximum atomic E-state index is 11.1. The summed E-state index contributed by atoms with van der Waals surface area (Å²) in [6.07, 6.45) is 9.36. The van der Waals surface area contributed by atoms with Crippen molar-refractivity contribution in [1.29, 1.82) is 0 Å². The molecule has 2 unspecified atom stereocenters. The molecule has 2 aliphatic rings. The summed E-state index contributed by atoms with van der Waals surface area (Å²) in [6, 6.07) is 0. The van der Waals surface area contributed by atoms with E-state index in [1.54, 1.807) is 13.2 Å². The highest BCUT2D eigenvalue weighted by atomic mass is 16.5. The molecular weight excluding hydrogens is 152 g/mol. The molecule has 0 saturated carbocycles. The third kappa shape index (κ3) is 0.998. The topological polar surface area (TPSA) is 26.3 Å². The van der Waals surface area contributed by atoms with Gasteiger partial charge in [-0.15, -0.1) is 0 Å². The number of ketones is 1. The largest absolute Gasteiger partial charge is 0.493 e. The van der Waals surface area contributed by atoms with E-state index >= 15 is 0 Å². The Kier molecular flexibility index (Phi) is 1.61. The lowest BCUT2D eigenvalue weighted by atomic mass is 9.90. The van der Waals surface area contributed by atoms with Crippen molar-refractivity contribution in [3.05, 3.63) is 36.1 Å². The molecule has 2 nitrogen and oxygen atoms in total. The van der Waals surface area contributed by atoms with Gasteiger partial charge in [0.15, 0.2) is 5.78 Å². The van der Waals surface area contributed by atoms with Crippen LogP contribution in [0.2, 0.25) is 0 Å². The predicted octanol–water partition coefficient (Wildman–Crippen LogP) is 1.60. The molecule has 0 amide bonds. The summed E-state index contributed by atoms with van der Waals surface area (Å²) in [6.45, 7) is 1.57. The summed E-state index contributed by atoms with van der Waals surface area (Å²) in [4.78, 5) is 11.1. The Labute approximate surface area is 71.2 Å². The lowest BCUT2D eigenvalue weighted by molar-refractivity contribution is -0.114. The second-order valence-corrected chi connectivity index (χ2v) is 3.03. The summed E-state index contributed by atoms with van der Waals surface area (Å²) in [5.41, 5.74) is 0.771. The molecule has 0 fully saturated rings. The van der Waals surface area contributed by atoms with Crippen molar-refractivity contribution in [3.8, 4) is 0 Å². The van der Waals surface area contributed by atoms with Crippen molar-refractivity contribution < 1.29 is 9.53 Å². The summed E-state index contributed by atoms with van der Waals surface area (Å²) in [7, 11) is 0. The van der Waals surface area contributed by atoms with Crippen molar-refractivity contribution in [1.82, 2.24) is 0 Å². The van der Waals surface area contributed by atoms with E-state index in [9.17, 15) is 4.79 Å². The van der Waals surface area contributed by atoms with Crippen LogP contribution < -0.4 is 0 Å². The number of rotatable bonds is 1. The van der Waals surface area contributed by atoms with Gasteiger partial charge in [-0.05, 0) is 13.0 Å². The van der Waals surface area contributed by atoms with Crippen LogP contribution in [0.25, 0.3) is 0 Å². The van der Waals surface area contributed by atoms with Crippen LogP contribution in [-0.4, -0.2) is 11.9 Å². The molecule has 2 atom stereocenters. The Morgan fingerprint density at radius 2 is 2.33 bits per heavy atom. The first kappa shape index (κ1) is 7.35. The molecule has 0 bridgehead atoms. The van der Waals surface area contributed by atoms with E-state index in [2.05, 4.69) is 0 Å². The number of carbonyl (C=O) groups is 1. The molecule has 62 valence electrons. The number of carbonyl (C=O) groups excluding carboxylic acids is 1. The standard InChI is InChI=1S/C10H10O2/c1-7(11)9-4-2-3-8-5-6-12-10(8)9/h2-6,8,10H,1H3. The van der Waals surface area contributed by atoms with Crippen molar-refractivity contribution in [3.63, 3.8) is 0 Å². The Morgan fingerprint density at radius 3 is 3.08 bits per heavy atom. The molecule has 0 spiro atoms. The van der Waals surface area contributed by atoms with E-state index in [1.165, 1.54) is 0 Å². The van der Waals surface area contributed by atoms with Gasteiger partial charge < -0.3 is 4.74 Å². The number of hydrogen-bond donors (Lipinski definition) is 0. The minimum absolute atomic E-state index is 0.0625. The van der Waals surface area contributed by atoms with Crippen molar-refractivity contribution in [2.75, 3.05) is 0 Å². The number of ether oxygens (including phenoxy) is 1. The van der Waals surface area contributed by atoms with Crippen LogP contribution in [-0.2, 0) is 9.53 Å². The zero-order valence-electron chi connectivity index (χ0n) is 6.86. The van der Waals surface area contributed by atoms with Gasteiger partial charge in [-0.1, -0.05) is 18.2 Å². The highest BCUT2D eigenvalue weighted by molar-refractivity contribution is 5.95. The molecular formula is C10H10O2. The van der Waals surface area contributed by atoms with E-state index in [-0.39, 0.29) is 17.8 Å². The number of fused-ring (bicyclic) bond motifs is 1. The van der Waals surface area contributed by atoms with Gasteiger partial charge in [0.05, 0.1) is 6.26 Å². The highest BCUT2D eigenvalue weighted by Gasteiger charge is 2.29. The summed E-state index contributed by atoms with van der Waals surface area (Å²) >= 11 is 0. The van der Waals surface area contributed by atoms with Gasteiger partial charge in [0, 0.05) is 11.5 Å². The van der Waals surface area contributed by atoms with Gasteiger partial charge in [-0.3, -0.25) is 4.79 Å². The zero-order valence-corrected chi connectivity index (χ0v) is 6.86. The first-order valence-corrected chi connectivity index (χ1v) is 4.00. The predicted molar refractivity (Wildman–Crippen MR) is 45.4 cm³/mol. The van der Waals surface area contributed by atoms with E-state index < -0.39 is 0 Å². The lowest BCUT2D eigenvalue weighted by Crippen LogP contribution is -2.23. The molecule has 0 aromatic rings. The average molecular weight is 162 g/mol. The van der Waals surface area contributed by atoms with E-state index in [0.717, 1.165) is 5.57 Å². The molecule has 2 heteroatoms. The third-order valence-electron chi connectivity index (χ3n) is 2.20. The van der Waals surface area contributed by atoms with E-state index in [4.69, 9.17) is 4.74 Å². The molecule has 1 heterocycles. The minimum atomic E-state index is -0.0625. The smallest absolute Gasteiger partial charge is 0.159 e. The van der Waals surface area contributed by atoms with Gasteiger partial charge >= 0.3 is 0 Å². The van der Waals surface area contributed by atoms with Crippen LogP contribution >= 0.6 is 0 Å². The number of allylic oxidation sites excluding steroid dienone is 2. The Morgan fingerprint density at radius 1 is 1.50 bits per heavy atom. The quantitative estimate of drug-likeness (QED) is 0.585. The Balaban J connectivity index is 2.30. The normalized spacial score (nSPS) is 30.9. The number of hydrogen-bond acceptors (Lipinski definition) is 2. The van der Waals surface area contributed by atoms with Gasteiger partial charge in [0.25, 0.3) is 0 Å². The van der Waals surface area contributed by atoms with Crippen molar-refractivity contribution in [2.45, 2.75) is 13.0 Å². The Bertz CT molecular complexity index is 297. The SMILES string of the molecule is CC(=O)C1=CC=CC2C=COC12. The first-order chi connectivity index (χ1) is 5.79. The average Bonchev–Trinajstić information content (AvgIpc) is 2.49. The van der Waals surface area contributed by atoms with Crippen LogP contribution in [0, 0.1) is 5.92 Å². The molecule has 0 saturated heterocycles. The summed E-state index contributed by atoms with van der Waals surface area (Å²) in [5, 5.41) is 0. The maximum absolute atomic E-state index is 11.1. The summed E-state index contributed by atoms with van der Waals surface area (Å²) in [5.74, 6) is 0.354. The van der Waals surface area contributed by atoms with Gasteiger partial charge in [0.2, 0.25) is 0 Å². The maximum Gasteiger partial charge on any atom is 0.159 e. The highest BCUT2D eigenvalue weighted by Crippen LogP contribution is 2.28. The zero-order chi connectivity index (χ0) is 8.55. The minimum Gasteiger partial charge on any atom is -0.493 e. The van der Waals surface area contributed by atoms with E-state index in [0.29, 0.717) is 0 Å². The van der Waals surface area contributed by atoms with Gasteiger partial charge in [-0.25, -0.2) is 0 Å². The fourth-order valence-electron chi connectivity index (χ4n) is 1.56. The molecule has 0 N–H and O–H groups in total. The molecule has 2 rings (SSSR count). The van der Waals surface area contributed by atoms with Crippen LogP contribution in [0.3, 0.4) is 0 Å². The second-order valence-electron chi connectivity index (χ2n) is 3.03. The lowest BCUT2D eigenvalue weighted by Gasteiger charge is -2.20. The third-order valence-corrected chi connectivity index (χ3v) is 2.20. The fraction of sp³-hybridized carbons (Fsp3) is 0.300. The van der Waals surface area contributed by atoms with Crippen LogP contribution in [0.15, 0.2) is 36.1 Å². The van der Waals surface area contributed by atoms with Gasteiger partial charge in [-0.2, -0.15) is 0 Å². The first-order valence-electron chi connectivity index (χ1n) is 4.00. The number of Topliss-reactive ketones (excluding diaryl/α,β-unsaturated/α-hetero) is 1. The van der Waals surface area contributed by atoms with Crippen LogP contribution in [0.1, 0.15) is 6.92 Å².